The molecule has 4 N–H and O–H groups in total. The quantitative estimate of drug-likeness (QED) is 0.675. The molecule has 0 heterocycles. The molecule has 0 radical (unpaired) electrons. The molecule has 1 aromatic carbocycles. The average Bonchev–Trinajstić information content (AvgIpc) is 2.39. The van der Waals surface area contributed by atoms with Gasteiger partial charge in [-0.05, 0) is 31.0 Å². The van der Waals surface area contributed by atoms with Gasteiger partial charge in [0, 0.05) is 30.8 Å². The highest BCUT2D eigenvalue weighted by Crippen LogP contribution is 2.12. The predicted molar refractivity (Wildman–Crippen MR) is 75.8 cm³/mol. The predicted octanol–water partition coefficient (Wildman–Crippen LogP) is 1.22. The van der Waals surface area contributed by atoms with Crippen molar-refractivity contribution >= 4 is 17.5 Å². The van der Waals surface area contributed by atoms with Crippen LogP contribution in [0.5, 0.6) is 0 Å². The van der Waals surface area contributed by atoms with Crippen molar-refractivity contribution < 1.29 is 9.59 Å². The molecule has 0 aromatic heterocycles. The SMILES string of the molecule is CCCNC(=O)CCNC(=O)c1cc(N)ccc1C. The summed E-state index contributed by atoms with van der Waals surface area (Å²) >= 11 is 0. The second kappa shape index (κ2) is 7.41. The van der Waals surface area contributed by atoms with E-state index < -0.39 is 0 Å². The van der Waals surface area contributed by atoms with Crippen LogP contribution >= 0.6 is 0 Å². The first kappa shape index (κ1) is 15.0. The summed E-state index contributed by atoms with van der Waals surface area (Å²) in [5.41, 5.74) is 7.62. The van der Waals surface area contributed by atoms with Gasteiger partial charge in [-0.2, -0.15) is 0 Å². The van der Waals surface area contributed by atoms with Crippen molar-refractivity contribution in [3.05, 3.63) is 29.3 Å². The van der Waals surface area contributed by atoms with Crippen molar-refractivity contribution in [2.45, 2.75) is 26.7 Å². The molecule has 0 bridgehead atoms. The highest BCUT2D eigenvalue weighted by Gasteiger charge is 2.09. The summed E-state index contributed by atoms with van der Waals surface area (Å²) in [6.07, 6.45) is 1.19. The van der Waals surface area contributed by atoms with Gasteiger partial charge in [0.1, 0.15) is 0 Å². The van der Waals surface area contributed by atoms with Crippen molar-refractivity contribution in [2.24, 2.45) is 0 Å². The van der Waals surface area contributed by atoms with Crippen molar-refractivity contribution in [1.29, 1.82) is 0 Å². The van der Waals surface area contributed by atoms with E-state index in [4.69, 9.17) is 5.73 Å². The van der Waals surface area contributed by atoms with Crippen LogP contribution in [-0.4, -0.2) is 24.9 Å². The fourth-order valence-corrected chi connectivity index (χ4v) is 1.62. The van der Waals surface area contributed by atoms with Crippen molar-refractivity contribution in [3.63, 3.8) is 0 Å². The van der Waals surface area contributed by atoms with E-state index in [1.165, 1.54) is 0 Å². The molecule has 0 saturated carbocycles. The Hall–Kier alpha value is -2.04. The molecule has 0 saturated heterocycles. The van der Waals surface area contributed by atoms with Crippen molar-refractivity contribution in [1.82, 2.24) is 10.6 Å². The Bertz CT molecular complexity index is 458. The lowest BCUT2D eigenvalue weighted by atomic mass is 10.1. The number of carbonyl (C=O) groups excluding carboxylic acids is 2. The molecule has 0 unspecified atom stereocenters. The summed E-state index contributed by atoms with van der Waals surface area (Å²) in [5.74, 6) is -0.250. The number of nitrogens with one attached hydrogen (secondary N) is 2. The van der Waals surface area contributed by atoms with Crippen LogP contribution in [0.2, 0.25) is 0 Å². The topological polar surface area (TPSA) is 84.2 Å². The molecule has 2 amide bonds. The van der Waals surface area contributed by atoms with E-state index in [1.54, 1.807) is 18.2 Å². The third-order valence-corrected chi connectivity index (χ3v) is 2.72. The zero-order chi connectivity index (χ0) is 14.3. The largest absolute Gasteiger partial charge is 0.399 e. The molecule has 1 aromatic rings. The summed E-state index contributed by atoms with van der Waals surface area (Å²) in [6.45, 7) is 4.83. The van der Waals surface area contributed by atoms with Gasteiger partial charge < -0.3 is 16.4 Å². The number of nitrogens with two attached hydrogens (primary N) is 1. The maximum absolute atomic E-state index is 11.9. The van der Waals surface area contributed by atoms with Gasteiger partial charge in [0.05, 0.1) is 0 Å². The van der Waals surface area contributed by atoms with E-state index in [0.717, 1.165) is 12.0 Å². The second-order valence-electron chi connectivity index (χ2n) is 4.43. The molecular weight excluding hydrogens is 242 g/mol. The molecule has 5 heteroatoms. The normalized spacial score (nSPS) is 10.0. The summed E-state index contributed by atoms with van der Waals surface area (Å²) in [5, 5.41) is 5.48. The lowest BCUT2D eigenvalue weighted by molar-refractivity contribution is -0.120. The zero-order valence-electron chi connectivity index (χ0n) is 11.5. The lowest BCUT2D eigenvalue weighted by Gasteiger charge is -2.08. The fourth-order valence-electron chi connectivity index (χ4n) is 1.62. The number of rotatable bonds is 6. The minimum Gasteiger partial charge on any atom is -0.399 e. The number of carbonyl (C=O) groups is 2. The van der Waals surface area contributed by atoms with Crippen LogP contribution in [0.4, 0.5) is 5.69 Å². The first-order chi connectivity index (χ1) is 9.04. The molecular formula is C14H21N3O2. The van der Waals surface area contributed by atoms with E-state index in [0.29, 0.717) is 24.3 Å². The molecule has 104 valence electrons. The number of aryl methyl sites for hydroxylation is 1. The zero-order valence-corrected chi connectivity index (χ0v) is 11.5. The number of amides is 2. The van der Waals surface area contributed by atoms with Gasteiger partial charge in [-0.15, -0.1) is 0 Å². The third-order valence-electron chi connectivity index (χ3n) is 2.72. The van der Waals surface area contributed by atoms with E-state index in [9.17, 15) is 9.59 Å². The Balaban J connectivity index is 2.43. The molecule has 0 spiro atoms. The Morgan fingerprint density at radius 1 is 1.21 bits per heavy atom. The molecule has 0 aliphatic heterocycles. The summed E-state index contributed by atoms with van der Waals surface area (Å²) < 4.78 is 0. The van der Waals surface area contributed by atoms with E-state index in [1.807, 2.05) is 13.8 Å². The second-order valence-corrected chi connectivity index (χ2v) is 4.43. The van der Waals surface area contributed by atoms with E-state index in [-0.39, 0.29) is 18.2 Å². The Kier molecular flexibility index (Phi) is 5.85. The van der Waals surface area contributed by atoms with Crippen LogP contribution in [0.15, 0.2) is 18.2 Å². The van der Waals surface area contributed by atoms with Gasteiger partial charge in [0.2, 0.25) is 5.91 Å². The van der Waals surface area contributed by atoms with Gasteiger partial charge >= 0.3 is 0 Å². The Morgan fingerprint density at radius 2 is 1.95 bits per heavy atom. The first-order valence-electron chi connectivity index (χ1n) is 6.45. The van der Waals surface area contributed by atoms with Crippen molar-refractivity contribution in [2.75, 3.05) is 18.8 Å². The average molecular weight is 263 g/mol. The Labute approximate surface area is 113 Å². The van der Waals surface area contributed by atoms with E-state index in [2.05, 4.69) is 10.6 Å². The molecule has 1 rings (SSSR count). The molecule has 5 nitrogen and oxygen atoms in total. The molecule has 19 heavy (non-hydrogen) atoms. The Morgan fingerprint density at radius 3 is 2.63 bits per heavy atom. The summed E-state index contributed by atoms with van der Waals surface area (Å²) in [4.78, 5) is 23.3. The highest BCUT2D eigenvalue weighted by molar-refractivity contribution is 5.96. The van der Waals surface area contributed by atoms with Crippen LogP contribution in [0, 0.1) is 6.92 Å². The lowest BCUT2D eigenvalue weighted by Crippen LogP contribution is -2.31. The van der Waals surface area contributed by atoms with Crippen LogP contribution in [0.3, 0.4) is 0 Å². The molecule has 0 aliphatic rings. The highest BCUT2D eigenvalue weighted by atomic mass is 16.2. The minimum absolute atomic E-state index is 0.0496. The smallest absolute Gasteiger partial charge is 0.251 e. The van der Waals surface area contributed by atoms with Crippen LogP contribution in [0.25, 0.3) is 0 Å². The van der Waals surface area contributed by atoms with Gasteiger partial charge in [-0.3, -0.25) is 9.59 Å². The molecule has 0 atom stereocenters. The maximum atomic E-state index is 11.9. The summed E-state index contributed by atoms with van der Waals surface area (Å²) in [6, 6.07) is 5.20. The number of hydrogen-bond donors (Lipinski definition) is 3. The number of anilines is 1. The number of benzene rings is 1. The van der Waals surface area contributed by atoms with Gasteiger partial charge in [-0.1, -0.05) is 13.0 Å². The fraction of sp³-hybridized carbons (Fsp3) is 0.429. The molecule has 0 fully saturated rings. The van der Waals surface area contributed by atoms with Gasteiger partial charge in [0.15, 0.2) is 0 Å². The van der Waals surface area contributed by atoms with Gasteiger partial charge in [-0.25, -0.2) is 0 Å². The number of nitrogen functional groups attached to an aromatic ring is 1. The molecule has 0 aliphatic carbocycles. The standard InChI is InChI=1S/C14H21N3O2/c1-3-7-16-13(18)6-8-17-14(19)12-9-11(15)5-4-10(12)2/h4-5,9H,3,6-8,15H2,1-2H3,(H,16,18)(H,17,19). The first-order valence-corrected chi connectivity index (χ1v) is 6.45. The summed E-state index contributed by atoms with van der Waals surface area (Å²) in [7, 11) is 0. The van der Waals surface area contributed by atoms with E-state index >= 15 is 0 Å². The van der Waals surface area contributed by atoms with Crippen molar-refractivity contribution in [3.8, 4) is 0 Å². The maximum Gasteiger partial charge on any atom is 0.251 e. The van der Waals surface area contributed by atoms with Crippen LogP contribution < -0.4 is 16.4 Å². The number of hydrogen-bond acceptors (Lipinski definition) is 3. The van der Waals surface area contributed by atoms with Crippen LogP contribution in [-0.2, 0) is 4.79 Å². The monoisotopic (exact) mass is 263 g/mol. The third kappa shape index (κ3) is 4.99. The van der Waals surface area contributed by atoms with Crippen LogP contribution in [0.1, 0.15) is 35.7 Å². The minimum atomic E-state index is -0.201. The van der Waals surface area contributed by atoms with Gasteiger partial charge in [0.25, 0.3) is 5.91 Å².